The number of hydrogen-bond acceptors (Lipinski definition) is 4. The molecule has 0 atom stereocenters. The molecule has 1 aromatic carbocycles. The Morgan fingerprint density at radius 3 is 2.44 bits per heavy atom. The van der Waals surface area contributed by atoms with Gasteiger partial charge in [-0.2, -0.15) is 0 Å². The molecule has 16 heavy (non-hydrogen) atoms. The first-order chi connectivity index (χ1) is 7.59. The summed E-state index contributed by atoms with van der Waals surface area (Å²) in [6.07, 6.45) is 3.40. The number of nitro groups is 1. The standard InChI is InChI=1S/C11H13NO3S/c1-11(7-2-8-11)15-16-10-5-3-9(4-6-10)12(13)14/h3-6H,2,7-8H2,1H3. The molecule has 4 nitrogen and oxygen atoms in total. The molecule has 2 rings (SSSR count). The van der Waals surface area contributed by atoms with Crippen LogP contribution in [0.5, 0.6) is 0 Å². The fourth-order valence-corrected chi connectivity index (χ4v) is 2.24. The van der Waals surface area contributed by atoms with Crippen LogP contribution in [0.15, 0.2) is 29.2 Å². The number of nitrogens with zero attached hydrogens (tertiary/aromatic N) is 1. The van der Waals surface area contributed by atoms with Gasteiger partial charge in [-0.25, -0.2) is 0 Å². The van der Waals surface area contributed by atoms with Gasteiger partial charge in [0.05, 0.1) is 10.5 Å². The molecule has 0 bridgehead atoms. The molecule has 1 saturated carbocycles. The van der Waals surface area contributed by atoms with Gasteiger partial charge in [-0.15, -0.1) is 0 Å². The van der Waals surface area contributed by atoms with E-state index in [1.54, 1.807) is 12.1 Å². The van der Waals surface area contributed by atoms with Crippen LogP contribution in [-0.2, 0) is 4.18 Å². The zero-order valence-corrected chi connectivity index (χ0v) is 9.83. The average molecular weight is 239 g/mol. The highest BCUT2D eigenvalue weighted by Crippen LogP contribution is 2.40. The molecule has 0 amide bonds. The van der Waals surface area contributed by atoms with Gasteiger partial charge in [0.2, 0.25) is 0 Å². The molecule has 0 saturated heterocycles. The lowest BCUT2D eigenvalue weighted by atomic mass is 9.82. The molecule has 0 spiro atoms. The second-order valence-corrected chi connectivity index (χ2v) is 5.03. The fourth-order valence-electron chi connectivity index (χ4n) is 1.53. The van der Waals surface area contributed by atoms with Crippen molar-refractivity contribution in [1.82, 2.24) is 0 Å². The third-order valence-corrected chi connectivity index (χ3v) is 3.75. The van der Waals surface area contributed by atoms with Crippen molar-refractivity contribution in [2.24, 2.45) is 0 Å². The molecule has 1 fully saturated rings. The number of hydrogen-bond donors (Lipinski definition) is 0. The number of benzene rings is 1. The molecule has 0 N–H and O–H groups in total. The molecule has 0 unspecified atom stereocenters. The molecule has 0 aromatic heterocycles. The van der Waals surface area contributed by atoms with Gasteiger partial charge in [-0.05, 0) is 38.3 Å². The van der Waals surface area contributed by atoms with Crippen molar-refractivity contribution in [3.8, 4) is 0 Å². The van der Waals surface area contributed by atoms with Crippen molar-refractivity contribution in [2.45, 2.75) is 36.7 Å². The quantitative estimate of drug-likeness (QED) is 0.458. The summed E-state index contributed by atoms with van der Waals surface area (Å²) < 4.78 is 5.70. The van der Waals surface area contributed by atoms with Crippen LogP contribution in [0.3, 0.4) is 0 Å². The van der Waals surface area contributed by atoms with Crippen LogP contribution in [0.2, 0.25) is 0 Å². The summed E-state index contributed by atoms with van der Waals surface area (Å²) in [6, 6.07) is 6.42. The van der Waals surface area contributed by atoms with E-state index in [4.69, 9.17) is 4.18 Å². The average Bonchev–Trinajstić information content (AvgIpc) is 2.24. The van der Waals surface area contributed by atoms with Crippen LogP contribution in [-0.4, -0.2) is 10.5 Å². The monoisotopic (exact) mass is 239 g/mol. The Kier molecular flexibility index (Phi) is 3.16. The van der Waals surface area contributed by atoms with Crippen LogP contribution in [0.25, 0.3) is 0 Å². The minimum absolute atomic E-state index is 0.00750. The van der Waals surface area contributed by atoms with Crippen molar-refractivity contribution in [2.75, 3.05) is 0 Å². The highest BCUT2D eigenvalue weighted by atomic mass is 32.2. The SMILES string of the molecule is CC1(OSc2ccc([N+](=O)[O-])cc2)CCC1. The summed E-state index contributed by atoms with van der Waals surface area (Å²) in [6.45, 7) is 2.09. The molecule has 0 aliphatic heterocycles. The Morgan fingerprint density at radius 1 is 1.38 bits per heavy atom. The van der Waals surface area contributed by atoms with E-state index in [9.17, 15) is 10.1 Å². The molecule has 0 radical (unpaired) electrons. The summed E-state index contributed by atoms with van der Waals surface area (Å²) in [4.78, 5) is 11.0. The van der Waals surface area contributed by atoms with E-state index in [1.165, 1.54) is 30.6 Å². The lowest BCUT2D eigenvalue weighted by Crippen LogP contribution is -2.34. The highest BCUT2D eigenvalue weighted by Gasteiger charge is 2.33. The van der Waals surface area contributed by atoms with Crippen molar-refractivity contribution in [3.05, 3.63) is 34.4 Å². The molecule has 5 heteroatoms. The van der Waals surface area contributed by atoms with Crippen molar-refractivity contribution >= 4 is 17.7 Å². The van der Waals surface area contributed by atoms with E-state index in [1.807, 2.05) is 0 Å². The summed E-state index contributed by atoms with van der Waals surface area (Å²) >= 11 is 1.30. The molecule has 86 valence electrons. The van der Waals surface area contributed by atoms with Crippen LogP contribution < -0.4 is 0 Å². The number of rotatable bonds is 4. The lowest BCUT2D eigenvalue weighted by Gasteiger charge is -2.36. The van der Waals surface area contributed by atoms with Crippen molar-refractivity contribution in [1.29, 1.82) is 0 Å². The highest BCUT2D eigenvalue weighted by molar-refractivity contribution is 7.94. The van der Waals surface area contributed by atoms with E-state index in [-0.39, 0.29) is 11.3 Å². The Labute approximate surface area is 98.3 Å². The minimum atomic E-state index is -0.400. The maximum atomic E-state index is 10.5. The maximum absolute atomic E-state index is 10.5. The van der Waals surface area contributed by atoms with E-state index in [0.29, 0.717) is 0 Å². The lowest BCUT2D eigenvalue weighted by molar-refractivity contribution is -0.384. The first-order valence-electron chi connectivity index (χ1n) is 5.19. The van der Waals surface area contributed by atoms with Crippen molar-refractivity contribution < 1.29 is 9.11 Å². The zero-order chi connectivity index (χ0) is 11.6. The van der Waals surface area contributed by atoms with E-state index < -0.39 is 4.92 Å². The predicted molar refractivity (Wildman–Crippen MR) is 62.3 cm³/mol. The predicted octanol–water partition coefficient (Wildman–Crippen LogP) is 3.56. The number of nitro benzene ring substituents is 1. The van der Waals surface area contributed by atoms with Gasteiger partial charge in [-0.1, -0.05) is 0 Å². The Balaban J connectivity index is 1.92. The first kappa shape index (κ1) is 11.4. The molecule has 0 heterocycles. The van der Waals surface area contributed by atoms with E-state index in [2.05, 4.69) is 6.92 Å². The van der Waals surface area contributed by atoms with Gasteiger partial charge >= 0.3 is 0 Å². The summed E-state index contributed by atoms with van der Waals surface area (Å²) in [5.41, 5.74) is 0.103. The second kappa shape index (κ2) is 4.43. The van der Waals surface area contributed by atoms with E-state index >= 15 is 0 Å². The molecule has 1 aliphatic carbocycles. The molecular formula is C11H13NO3S. The largest absolute Gasteiger partial charge is 0.304 e. The maximum Gasteiger partial charge on any atom is 0.269 e. The van der Waals surface area contributed by atoms with Crippen LogP contribution in [0.1, 0.15) is 26.2 Å². The van der Waals surface area contributed by atoms with E-state index in [0.717, 1.165) is 17.7 Å². The van der Waals surface area contributed by atoms with Crippen LogP contribution in [0.4, 0.5) is 5.69 Å². The Morgan fingerprint density at radius 2 is 2.00 bits per heavy atom. The van der Waals surface area contributed by atoms with Gasteiger partial charge in [0, 0.05) is 29.1 Å². The summed E-state index contributed by atoms with van der Waals surface area (Å²) in [5, 5.41) is 10.5. The normalized spacial score (nSPS) is 17.8. The molecule has 1 aliphatic rings. The number of non-ortho nitro benzene ring substituents is 1. The Bertz CT molecular complexity index is 387. The summed E-state index contributed by atoms with van der Waals surface area (Å²) in [7, 11) is 0. The minimum Gasteiger partial charge on any atom is -0.304 e. The van der Waals surface area contributed by atoms with Crippen molar-refractivity contribution in [3.63, 3.8) is 0 Å². The first-order valence-corrected chi connectivity index (χ1v) is 5.93. The zero-order valence-electron chi connectivity index (χ0n) is 9.01. The van der Waals surface area contributed by atoms with Gasteiger partial charge in [0.1, 0.15) is 0 Å². The molecular weight excluding hydrogens is 226 g/mol. The third-order valence-electron chi connectivity index (χ3n) is 2.80. The van der Waals surface area contributed by atoms with Gasteiger partial charge < -0.3 is 4.18 Å². The van der Waals surface area contributed by atoms with Gasteiger partial charge in [0.25, 0.3) is 5.69 Å². The molecule has 1 aromatic rings. The second-order valence-electron chi connectivity index (χ2n) is 4.22. The van der Waals surface area contributed by atoms with Crippen LogP contribution >= 0.6 is 12.0 Å². The van der Waals surface area contributed by atoms with Gasteiger partial charge in [0.15, 0.2) is 0 Å². The topological polar surface area (TPSA) is 52.4 Å². The summed E-state index contributed by atoms with van der Waals surface area (Å²) in [5.74, 6) is 0. The third kappa shape index (κ3) is 2.54. The van der Waals surface area contributed by atoms with Crippen LogP contribution in [0, 0.1) is 10.1 Å². The Hall–Kier alpha value is -1.07. The fraction of sp³-hybridized carbons (Fsp3) is 0.455. The van der Waals surface area contributed by atoms with Gasteiger partial charge in [-0.3, -0.25) is 10.1 Å². The smallest absolute Gasteiger partial charge is 0.269 e.